The Hall–Kier alpha value is -1.43. The van der Waals surface area contributed by atoms with E-state index in [0.717, 1.165) is 30.4 Å². The van der Waals surface area contributed by atoms with Crippen LogP contribution < -0.4 is 0 Å². The summed E-state index contributed by atoms with van der Waals surface area (Å²) in [6.07, 6.45) is 2.45. The van der Waals surface area contributed by atoms with Crippen LogP contribution >= 0.6 is 0 Å². The average molecular weight is 318 g/mol. The molecule has 0 atom stereocenters. The molecule has 1 aliphatic rings. The summed E-state index contributed by atoms with van der Waals surface area (Å²) in [6, 6.07) is 13.1. The molecule has 0 aromatic heterocycles. The molecule has 0 amide bonds. The third-order valence-corrected chi connectivity index (χ3v) is 6.21. The zero-order chi connectivity index (χ0) is 15.6. The normalized spacial score (nSPS) is 16.6. The van der Waals surface area contributed by atoms with Crippen molar-refractivity contribution in [2.45, 2.75) is 17.7 Å². The molecule has 0 aliphatic carbocycles. The summed E-state index contributed by atoms with van der Waals surface area (Å²) in [4.78, 5) is 2.70. The van der Waals surface area contributed by atoms with E-state index in [2.05, 4.69) is 4.90 Å². The Morgan fingerprint density at radius 1 is 1.05 bits per heavy atom. The summed E-state index contributed by atoms with van der Waals surface area (Å²) in [5, 5.41) is 2.01. The van der Waals surface area contributed by atoms with Gasteiger partial charge in [0, 0.05) is 20.1 Å². The first-order chi connectivity index (χ1) is 10.6. The fraction of sp³-hybridized carbons (Fsp3) is 0.412. The van der Waals surface area contributed by atoms with Gasteiger partial charge in [-0.3, -0.25) is 0 Å². The van der Waals surface area contributed by atoms with Crippen LogP contribution in [-0.4, -0.2) is 50.8 Å². The van der Waals surface area contributed by atoms with Crippen molar-refractivity contribution in [2.24, 2.45) is 0 Å². The second-order valence-corrected chi connectivity index (χ2v) is 7.93. The Bertz CT molecular complexity index is 752. The van der Waals surface area contributed by atoms with Crippen molar-refractivity contribution >= 4 is 20.8 Å². The Morgan fingerprint density at radius 3 is 2.45 bits per heavy atom. The van der Waals surface area contributed by atoms with E-state index in [9.17, 15) is 8.42 Å². The van der Waals surface area contributed by atoms with Crippen LogP contribution in [0.1, 0.15) is 12.8 Å². The number of sulfonamides is 1. The van der Waals surface area contributed by atoms with Gasteiger partial charge in [-0.25, -0.2) is 8.42 Å². The number of rotatable bonds is 5. The molecule has 22 heavy (non-hydrogen) atoms. The molecule has 0 saturated carbocycles. The monoisotopic (exact) mass is 318 g/mol. The molecule has 2 aromatic carbocycles. The molecule has 1 heterocycles. The van der Waals surface area contributed by atoms with Crippen molar-refractivity contribution in [1.29, 1.82) is 0 Å². The maximum Gasteiger partial charge on any atom is 0.242 e. The molecule has 118 valence electrons. The largest absolute Gasteiger partial charge is 0.302 e. The third kappa shape index (κ3) is 3.16. The Morgan fingerprint density at radius 2 is 1.73 bits per heavy atom. The lowest BCUT2D eigenvalue weighted by atomic mass is 10.1. The molecule has 0 N–H and O–H groups in total. The van der Waals surface area contributed by atoms with Gasteiger partial charge < -0.3 is 4.90 Å². The fourth-order valence-corrected chi connectivity index (χ4v) is 4.11. The number of benzene rings is 2. The van der Waals surface area contributed by atoms with E-state index < -0.39 is 10.0 Å². The van der Waals surface area contributed by atoms with Crippen LogP contribution in [-0.2, 0) is 10.0 Å². The molecule has 1 fully saturated rings. The molecule has 4 nitrogen and oxygen atoms in total. The van der Waals surface area contributed by atoms with Crippen molar-refractivity contribution in [3.05, 3.63) is 42.5 Å². The average Bonchev–Trinajstić information content (AvgIpc) is 3.05. The minimum atomic E-state index is -3.42. The first kappa shape index (κ1) is 15.5. The van der Waals surface area contributed by atoms with Crippen LogP contribution in [0.4, 0.5) is 0 Å². The molecule has 1 aliphatic heterocycles. The summed E-state index contributed by atoms with van der Waals surface area (Å²) in [5.41, 5.74) is 0. The van der Waals surface area contributed by atoms with Crippen LogP contribution in [0.15, 0.2) is 47.4 Å². The summed E-state index contributed by atoms with van der Waals surface area (Å²) in [7, 11) is -1.75. The topological polar surface area (TPSA) is 40.6 Å². The van der Waals surface area contributed by atoms with E-state index in [1.165, 1.54) is 17.1 Å². The molecule has 0 spiro atoms. The van der Waals surface area contributed by atoms with Crippen molar-refractivity contribution in [1.82, 2.24) is 9.21 Å². The molecule has 1 saturated heterocycles. The Kier molecular flexibility index (Phi) is 4.47. The van der Waals surface area contributed by atoms with Crippen LogP contribution in [0.25, 0.3) is 10.8 Å². The Balaban J connectivity index is 1.77. The highest BCUT2D eigenvalue weighted by atomic mass is 32.2. The van der Waals surface area contributed by atoms with Gasteiger partial charge in [-0.05, 0) is 48.8 Å². The fourth-order valence-electron chi connectivity index (χ4n) is 2.92. The van der Waals surface area contributed by atoms with E-state index in [-0.39, 0.29) is 0 Å². The van der Waals surface area contributed by atoms with Gasteiger partial charge in [-0.15, -0.1) is 0 Å². The van der Waals surface area contributed by atoms with E-state index in [4.69, 9.17) is 0 Å². The zero-order valence-corrected chi connectivity index (χ0v) is 13.7. The summed E-state index contributed by atoms with van der Waals surface area (Å²) in [5.74, 6) is 0. The highest BCUT2D eigenvalue weighted by Gasteiger charge is 2.22. The van der Waals surface area contributed by atoms with Crippen molar-refractivity contribution < 1.29 is 8.42 Å². The van der Waals surface area contributed by atoms with Crippen molar-refractivity contribution in [2.75, 3.05) is 33.2 Å². The summed E-state index contributed by atoms with van der Waals surface area (Å²) in [6.45, 7) is 3.52. The standard InChI is InChI=1S/C17H22N2O2S/c1-18(12-13-19-10-4-5-11-19)22(20,21)17-9-8-15-6-2-3-7-16(15)14-17/h2-3,6-9,14H,4-5,10-13H2,1H3. The van der Waals surface area contributed by atoms with Gasteiger partial charge in [-0.1, -0.05) is 30.3 Å². The highest BCUT2D eigenvalue weighted by molar-refractivity contribution is 7.89. The van der Waals surface area contributed by atoms with Gasteiger partial charge in [0.25, 0.3) is 0 Å². The SMILES string of the molecule is CN(CCN1CCCC1)S(=O)(=O)c1ccc2ccccc2c1. The lowest BCUT2D eigenvalue weighted by Gasteiger charge is -2.21. The molecule has 0 bridgehead atoms. The summed E-state index contributed by atoms with van der Waals surface area (Å²) < 4.78 is 26.8. The molecular formula is C17H22N2O2S. The van der Waals surface area contributed by atoms with Gasteiger partial charge in [-0.2, -0.15) is 4.31 Å². The van der Waals surface area contributed by atoms with Gasteiger partial charge in [0.2, 0.25) is 10.0 Å². The van der Waals surface area contributed by atoms with Crippen LogP contribution in [0.3, 0.4) is 0 Å². The van der Waals surface area contributed by atoms with E-state index in [0.29, 0.717) is 11.4 Å². The quantitative estimate of drug-likeness (QED) is 0.851. The molecule has 5 heteroatoms. The first-order valence-corrected chi connectivity index (χ1v) is 9.19. The number of likely N-dealkylation sites (N-methyl/N-ethyl adjacent to an activating group) is 1. The molecule has 0 radical (unpaired) electrons. The number of nitrogens with zero attached hydrogens (tertiary/aromatic N) is 2. The van der Waals surface area contributed by atoms with Crippen molar-refractivity contribution in [3.63, 3.8) is 0 Å². The molecule has 0 unspecified atom stereocenters. The first-order valence-electron chi connectivity index (χ1n) is 7.75. The van der Waals surface area contributed by atoms with Crippen molar-refractivity contribution in [3.8, 4) is 0 Å². The predicted molar refractivity (Wildman–Crippen MR) is 89.4 cm³/mol. The second kappa shape index (κ2) is 6.36. The number of hydrogen-bond acceptors (Lipinski definition) is 3. The lowest BCUT2D eigenvalue weighted by Crippen LogP contribution is -2.35. The van der Waals surface area contributed by atoms with Crippen LogP contribution in [0.5, 0.6) is 0 Å². The minimum absolute atomic E-state index is 0.370. The maximum absolute atomic E-state index is 12.7. The van der Waals surface area contributed by atoms with Crippen LogP contribution in [0.2, 0.25) is 0 Å². The summed E-state index contributed by atoms with van der Waals surface area (Å²) >= 11 is 0. The van der Waals surface area contributed by atoms with Gasteiger partial charge in [0.15, 0.2) is 0 Å². The maximum atomic E-state index is 12.7. The minimum Gasteiger partial charge on any atom is -0.302 e. The van der Waals surface area contributed by atoms with E-state index >= 15 is 0 Å². The number of likely N-dealkylation sites (tertiary alicyclic amines) is 1. The number of hydrogen-bond donors (Lipinski definition) is 0. The smallest absolute Gasteiger partial charge is 0.242 e. The van der Waals surface area contributed by atoms with Gasteiger partial charge in [0.05, 0.1) is 4.90 Å². The molecule has 3 rings (SSSR count). The highest BCUT2D eigenvalue weighted by Crippen LogP contribution is 2.21. The third-order valence-electron chi connectivity index (χ3n) is 4.36. The molecule has 2 aromatic rings. The van der Waals surface area contributed by atoms with Gasteiger partial charge in [0.1, 0.15) is 0 Å². The lowest BCUT2D eigenvalue weighted by molar-refractivity contribution is 0.310. The Labute approximate surface area is 132 Å². The van der Waals surface area contributed by atoms with Crippen LogP contribution in [0, 0.1) is 0 Å². The van der Waals surface area contributed by atoms with E-state index in [1.807, 2.05) is 30.3 Å². The van der Waals surface area contributed by atoms with E-state index in [1.54, 1.807) is 19.2 Å². The predicted octanol–water partition coefficient (Wildman–Crippen LogP) is 2.56. The second-order valence-electron chi connectivity index (χ2n) is 5.88. The van der Waals surface area contributed by atoms with Gasteiger partial charge >= 0.3 is 0 Å². The zero-order valence-electron chi connectivity index (χ0n) is 12.9. The number of fused-ring (bicyclic) bond motifs is 1. The molecular weight excluding hydrogens is 296 g/mol.